The monoisotopic (exact) mass is 492 g/mol. The minimum Gasteiger partial charge on any atom is -0.339 e. The fourth-order valence-corrected chi connectivity index (χ4v) is 5.77. The molecule has 2 aliphatic heterocycles. The molecule has 34 heavy (non-hydrogen) atoms. The van der Waals surface area contributed by atoms with Crippen LogP contribution >= 0.6 is 0 Å². The number of benzene rings is 2. The highest BCUT2D eigenvalue weighted by Gasteiger charge is 2.36. The number of urea groups is 1. The van der Waals surface area contributed by atoms with Crippen LogP contribution in [-0.4, -0.2) is 73.7 Å². The Morgan fingerprint density at radius 3 is 2.00 bits per heavy atom. The molecule has 11 heteroatoms. The quantitative estimate of drug-likeness (QED) is 0.711. The number of rotatable bonds is 4. The van der Waals surface area contributed by atoms with Crippen LogP contribution in [0.25, 0.3) is 0 Å². The van der Waals surface area contributed by atoms with Crippen LogP contribution < -0.4 is 5.32 Å². The van der Waals surface area contributed by atoms with Gasteiger partial charge in [-0.15, -0.1) is 0 Å². The summed E-state index contributed by atoms with van der Waals surface area (Å²) in [6, 6.07) is 9.80. The summed E-state index contributed by atoms with van der Waals surface area (Å²) in [5.41, 5.74) is 0.481. The van der Waals surface area contributed by atoms with Crippen LogP contribution in [0.3, 0.4) is 0 Å². The highest BCUT2D eigenvalue weighted by atomic mass is 32.2. The average Bonchev–Trinajstić information content (AvgIpc) is 2.85. The van der Waals surface area contributed by atoms with Crippen molar-refractivity contribution in [3.8, 4) is 0 Å². The molecule has 4 rings (SSSR count). The second kappa shape index (κ2) is 10.1. The molecule has 2 heterocycles. The van der Waals surface area contributed by atoms with Gasteiger partial charge in [0, 0.05) is 45.0 Å². The minimum atomic E-state index is -3.82. The molecule has 2 saturated heterocycles. The molecular formula is C23H26F2N4O4S. The van der Waals surface area contributed by atoms with Gasteiger partial charge in [-0.2, -0.15) is 4.31 Å². The first kappa shape index (κ1) is 24.1. The Kier molecular flexibility index (Phi) is 7.13. The summed E-state index contributed by atoms with van der Waals surface area (Å²) in [4.78, 5) is 28.8. The Labute approximate surface area is 197 Å². The van der Waals surface area contributed by atoms with E-state index in [0.717, 1.165) is 12.1 Å². The van der Waals surface area contributed by atoms with E-state index in [9.17, 15) is 26.8 Å². The Morgan fingerprint density at radius 2 is 1.38 bits per heavy atom. The zero-order chi connectivity index (χ0) is 24.3. The molecule has 0 aliphatic carbocycles. The van der Waals surface area contributed by atoms with E-state index in [-0.39, 0.29) is 23.4 Å². The summed E-state index contributed by atoms with van der Waals surface area (Å²) < 4.78 is 53.4. The summed E-state index contributed by atoms with van der Waals surface area (Å²) >= 11 is 0. The first-order chi connectivity index (χ1) is 16.2. The van der Waals surface area contributed by atoms with Crippen LogP contribution in [0.4, 0.5) is 19.3 Å². The fraction of sp³-hybridized carbons (Fsp3) is 0.391. The Morgan fingerprint density at radius 1 is 0.824 bits per heavy atom. The van der Waals surface area contributed by atoms with Crippen LogP contribution in [0.15, 0.2) is 53.4 Å². The lowest BCUT2D eigenvalue weighted by atomic mass is 9.98. The molecule has 182 valence electrons. The molecule has 2 aromatic carbocycles. The third-order valence-electron chi connectivity index (χ3n) is 6.16. The highest BCUT2D eigenvalue weighted by molar-refractivity contribution is 7.89. The van der Waals surface area contributed by atoms with Crippen molar-refractivity contribution >= 4 is 27.6 Å². The average molecular weight is 493 g/mol. The third-order valence-corrected chi connectivity index (χ3v) is 8.04. The number of anilines is 1. The van der Waals surface area contributed by atoms with Crippen molar-refractivity contribution in [1.29, 1.82) is 0 Å². The van der Waals surface area contributed by atoms with E-state index in [1.165, 1.54) is 40.7 Å². The summed E-state index contributed by atoms with van der Waals surface area (Å²) in [7, 11) is -3.82. The van der Waals surface area contributed by atoms with Gasteiger partial charge in [-0.05, 0) is 61.4 Å². The van der Waals surface area contributed by atoms with Gasteiger partial charge >= 0.3 is 6.03 Å². The number of nitrogens with zero attached hydrogens (tertiary/aromatic N) is 3. The van der Waals surface area contributed by atoms with Gasteiger partial charge in [-0.3, -0.25) is 4.79 Å². The van der Waals surface area contributed by atoms with Crippen LogP contribution in [0.5, 0.6) is 0 Å². The van der Waals surface area contributed by atoms with Gasteiger partial charge in [0.15, 0.2) is 0 Å². The van der Waals surface area contributed by atoms with Crippen molar-refractivity contribution in [2.45, 2.75) is 17.7 Å². The normalized spacial score (nSPS) is 19.6. The standard InChI is InChI=1S/C23H26F2N4O4S/c24-18-3-7-20(8-4-18)26-23(31)28-14-12-27(13-15-28)22(30)17-2-1-11-29(16-17)34(32,33)21-9-5-19(25)6-10-21/h3-10,17H,1-2,11-16H2,(H,26,31). The molecule has 2 fully saturated rings. The van der Waals surface area contributed by atoms with Gasteiger partial charge in [-0.1, -0.05) is 0 Å². The van der Waals surface area contributed by atoms with Gasteiger partial charge < -0.3 is 15.1 Å². The molecule has 0 bridgehead atoms. The number of carbonyl (C=O) groups excluding carboxylic acids is 2. The zero-order valence-corrected chi connectivity index (χ0v) is 19.3. The first-order valence-electron chi connectivity index (χ1n) is 11.1. The fourth-order valence-electron chi connectivity index (χ4n) is 4.24. The maximum absolute atomic E-state index is 13.2. The van der Waals surface area contributed by atoms with E-state index in [1.807, 2.05) is 0 Å². The summed E-state index contributed by atoms with van der Waals surface area (Å²) in [5, 5.41) is 2.71. The number of amides is 3. The van der Waals surface area contributed by atoms with Gasteiger partial charge in [-0.25, -0.2) is 22.0 Å². The molecular weight excluding hydrogens is 466 g/mol. The first-order valence-corrected chi connectivity index (χ1v) is 12.5. The predicted octanol–water partition coefficient (Wildman–Crippen LogP) is 2.74. The lowest BCUT2D eigenvalue weighted by Crippen LogP contribution is -2.54. The zero-order valence-electron chi connectivity index (χ0n) is 18.5. The number of hydrogen-bond acceptors (Lipinski definition) is 4. The van der Waals surface area contributed by atoms with E-state index >= 15 is 0 Å². The van der Waals surface area contributed by atoms with E-state index in [2.05, 4.69) is 5.32 Å². The van der Waals surface area contributed by atoms with Crippen molar-refractivity contribution in [3.63, 3.8) is 0 Å². The van der Waals surface area contributed by atoms with E-state index < -0.39 is 27.6 Å². The van der Waals surface area contributed by atoms with Crippen molar-refractivity contribution in [3.05, 3.63) is 60.2 Å². The molecule has 3 amide bonds. The summed E-state index contributed by atoms with van der Waals surface area (Å²) in [5.74, 6) is -1.51. The summed E-state index contributed by atoms with van der Waals surface area (Å²) in [6.07, 6.45) is 1.14. The van der Waals surface area contributed by atoms with Crippen LogP contribution in [0, 0.1) is 17.6 Å². The SMILES string of the molecule is O=C(Nc1ccc(F)cc1)N1CCN(C(=O)C2CCCN(S(=O)(=O)c3ccc(F)cc3)C2)CC1. The predicted molar refractivity (Wildman–Crippen MR) is 121 cm³/mol. The molecule has 0 aromatic heterocycles. The largest absolute Gasteiger partial charge is 0.339 e. The van der Waals surface area contributed by atoms with E-state index in [0.29, 0.717) is 51.3 Å². The number of piperazine rings is 1. The minimum absolute atomic E-state index is 0.00257. The molecule has 1 unspecified atom stereocenters. The van der Waals surface area contributed by atoms with Gasteiger partial charge in [0.05, 0.1) is 10.8 Å². The van der Waals surface area contributed by atoms with E-state index in [4.69, 9.17) is 0 Å². The number of nitrogens with one attached hydrogen (secondary N) is 1. The maximum atomic E-state index is 13.2. The van der Waals surface area contributed by atoms with Gasteiger partial charge in [0.2, 0.25) is 15.9 Å². The molecule has 2 aliphatic rings. The Hall–Kier alpha value is -3.05. The topological polar surface area (TPSA) is 90.0 Å². The second-order valence-corrected chi connectivity index (χ2v) is 10.3. The highest BCUT2D eigenvalue weighted by Crippen LogP contribution is 2.25. The number of halogens is 2. The Bertz CT molecular complexity index is 1130. The van der Waals surface area contributed by atoms with Gasteiger partial charge in [0.1, 0.15) is 11.6 Å². The van der Waals surface area contributed by atoms with Crippen molar-refractivity contribution in [2.24, 2.45) is 5.92 Å². The number of sulfonamides is 1. The molecule has 1 atom stereocenters. The second-order valence-electron chi connectivity index (χ2n) is 8.41. The van der Waals surface area contributed by atoms with Crippen LogP contribution in [0.2, 0.25) is 0 Å². The molecule has 0 saturated carbocycles. The molecule has 0 spiro atoms. The lowest BCUT2D eigenvalue weighted by molar-refractivity contribution is -0.138. The molecule has 2 aromatic rings. The van der Waals surface area contributed by atoms with Crippen molar-refractivity contribution < 1.29 is 26.8 Å². The van der Waals surface area contributed by atoms with Gasteiger partial charge in [0.25, 0.3) is 0 Å². The molecule has 1 N–H and O–H groups in total. The van der Waals surface area contributed by atoms with Crippen LogP contribution in [0.1, 0.15) is 12.8 Å². The lowest BCUT2D eigenvalue weighted by Gasteiger charge is -2.38. The van der Waals surface area contributed by atoms with Crippen LogP contribution in [-0.2, 0) is 14.8 Å². The maximum Gasteiger partial charge on any atom is 0.321 e. The Balaban J connectivity index is 1.32. The number of hydrogen-bond donors (Lipinski definition) is 1. The molecule has 8 nitrogen and oxygen atoms in total. The summed E-state index contributed by atoms with van der Waals surface area (Å²) in [6.45, 7) is 1.74. The smallest absolute Gasteiger partial charge is 0.321 e. The molecule has 0 radical (unpaired) electrons. The number of piperidine rings is 1. The van der Waals surface area contributed by atoms with Crippen molar-refractivity contribution in [2.75, 3.05) is 44.6 Å². The number of carbonyl (C=O) groups is 2. The van der Waals surface area contributed by atoms with E-state index in [1.54, 1.807) is 9.80 Å². The third kappa shape index (κ3) is 5.36. The van der Waals surface area contributed by atoms with Crippen molar-refractivity contribution in [1.82, 2.24) is 14.1 Å².